The summed E-state index contributed by atoms with van der Waals surface area (Å²) in [5, 5.41) is 2.75. The van der Waals surface area contributed by atoms with Crippen LogP contribution in [-0.4, -0.2) is 40.6 Å². The van der Waals surface area contributed by atoms with Crippen molar-refractivity contribution in [2.75, 3.05) is 24.6 Å². The molecule has 1 aliphatic rings. The van der Waals surface area contributed by atoms with Gasteiger partial charge in [0.1, 0.15) is 6.54 Å². The number of hydrogen-bond donors (Lipinski definition) is 1. The SMILES string of the molecule is COC[C@H](C)NC(=O)CN1c2ccc(Br)cc2-c2ccccc2S1(=O)=O. The average Bonchev–Trinajstić information content (AvgIpc) is 2.59. The molecule has 3 rings (SSSR count). The maximum Gasteiger partial charge on any atom is 0.265 e. The van der Waals surface area contributed by atoms with E-state index in [9.17, 15) is 13.2 Å². The van der Waals surface area contributed by atoms with Gasteiger partial charge in [-0.2, -0.15) is 0 Å². The normalized spacial score (nSPS) is 15.7. The van der Waals surface area contributed by atoms with Crippen LogP contribution >= 0.6 is 15.9 Å². The van der Waals surface area contributed by atoms with E-state index < -0.39 is 10.0 Å². The first kappa shape index (κ1) is 18.9. The molecule has 8 heteroatoms. The molecule has 0 fully saturated rings. The molecule has 0 unspecified atom stereocenters. The van der Waals surface area contributed by atoms with Crippen LogP contribution in [0.15, 0.2) is 51.8 Å². The second-order valence-corrected chi connectivity index (χ2v) is 8.84. The fourth-order valence-corrected chi connectivity index (χ4v) is 5.03. The Labute approximate surface area is 161 Å². The number of ether oxygens (including phenoxy) is 1. The minimum absolute atomic E-state index is 0.198. The molecule has 2 aromatic rings. The van der Waals surface area contributed by atoms with E-state index in [1.807, 2.05) is 6.07 Å². The van der Waals surface area contributed by atoms with Gasteiger partial charge in [0.05, 0.1) is 17.2 Å². The van der Waals surface area contributed by atoms with Crippen molar-refractivity contribution in [3.63, 3.8) is 0 Å². The van der Waals surface area contributed by atoms with Crippen molar-refractivity contribution in [1.82, 2.24) is 5.32 Å². The molecule has 1 aliphatic heterocycles. The van der Waals surface area contributed by atoms with Crippen LogP contribution in [0.2, 0.25) is 0 Å². The Kier molecular flexibility index (Phi) is 5.36. The van der Waals surface area contributed by atoms with E-state index in [1.165, 1.54) is 0 Å². The zero-order valence-corrected chi connectivity index (χ0v) is 16.8. The van der Waals surface area contributed by atoms with Crippen molar-refractivity contribution in [2.24, 2.45) is 0 Å². The first-order valence-corrected chi connectivity index (χ1v) is 10.3. The summed E-state index contributed by atoms with van der Waals surface area (Å²) < 4.78 is 33.2. The van der Waals surface area contributed by atoms with Gasteiger partial charge in [-0.25, -0.2) is 8.42 Å². The number of hydrogen-bond acceptors (Lipinski definition) is 4. The van der Waals surface area contributed by atoms with Gasteiger partial charge in [-0.1, -0.05) is 34.1 Å². The first-order valence-electron chi connectivity index (χ1n) is 8.04. The summed E-state index contributed by atoms with van der Waals surface area (Å²) in [5.74, 6) is -0.383. The number of benzene rings is 2. The molecule has 6 nitrogen and oxygen atoms in total. The number of fused-ring (bicyclic) bond motifs is 3. The zero-order chi connectivity index (χ0) is 18.9. The van der Waals surface area contributed by atoms with Gasteiger partial charge >= 0.3 is 0 Å². The van der Waals surface area contributed by atoms with Gasteiger partial charge in [0.15, 0.2) is 0 Å². The molecule has 0 saturated heterocycles. The second-order valence-electron chi connectivity index (χ2n) is 6.09. The molecule has 138 valence electrons. The second kappa shape index (κ2) is 7.38. The van der Waals surface area contributed by atoms with Gasteiger partial charge in [0.2, 0.25) is 5.91 Å². The van der Waals surface area contributed by atoms with E-state index >= 15 is 0 Å². The lowest BCUT2D eigenvalue weighted by molar-refractivity contribution is -0.120. The van der Waals surface area contributed by atoms with Gasteiger partial charge in [-0.15, -0.1) is 0 Å². The Bertz CT molecular complexity index is 946. The van der Waals surface area contributed by atoms with Crippen LogP contribution in [0.3, 0.4) is 0 Å². The summed E-state index contributed by atoms with van der Waals surface area (Å²) in [7, 11) is -2.28. The number of carbonyl (C=O) groups is 1. The average molecular weight is 439 g/mol. The molecule has 1 amide bonds. The van der Waals surface area contributed by atoms with Crippen molar-refractivity contribution in [2.45, 2.75) is 17.9 Å². The molecule has 1 atom stereocenters. The third kappa shape index (κ3) is 3.49. The summed E-state index contributed by atoms with van der Waals surface area (Å²) in [6.45, 7) is 1.86. The Morgan fingerprint density at radius 3 is 2.69 bits per heavy atom. The van der Waals surface area contributed by atoms with Crippen molar-refractivity contribution in [1.29, 1.82) is 0 Å². The zero-order valence-electron chi connectivity index (χ0n) is 14.4. The van der Waals surface area contributed by atoms with Crippen LogP contribution in [0.1, 0.15) is 6.92 Å². The third-order valence-electron chi connectivity index (χ3n) is 4.08. The van der Waals surface area contributed by atoms with Crippen LogP contribution in [0, 0.1) is 0 Å². The Morgan fingerprint density at radius 2 is 1.96 bits per heavy atom. The molecule has 0 saturated carbocycles. The number of amides is 1. The summed E-state index contributed by atoms with van der Waals surface area (Å²) in [6, 6.07) is 11.9. The van der Waals surface area contributed by atoms with Gasteiger partial charge < -0.3 is 10.1 Å². The molecule has 0 bridgehead atoms. The number of anilines is 1. The van der Waals surface area contributed by atoms with Crippen LogP contribution in [0.5, 0.6) is 0 Å². The number of halogens is 1. The Balaban J connectivity index is 2.02. The molecular formula is C18H19BrN2O4S. The summed E-state index contributed by atoms with van der Waals surface area (Å²) in [4.78, 5) is 12.6. The monoisotopic (exact) mass is 438 g/mol. The van der Waals surface area contributed by atoms with Crippen molar-refractivity contribution in [3.05, 3.63) is 46.9 Å². The highest BCUT2D eigenvalue weighted by molar-refractivity contribution is 9.10. The molecule has 0 aliphatic carbocycles. The molecule has 1 N–H and O–H groups in total. The lowest BCUT2D eigenvalue weighted by atomic mass is 10.0. The van der Waals surface area contributed by atoms with Gasteiger partial charge in [0.25, 0.3) is 10.0 Å². The van der Waals surface area contributed by atoms with E-state index in [4.69, 9.17) is 4.74 Å². The molecular weight excluding hydrogens is 420 g/mol. The minimum atomic E-state index is -3.83. The van der Waals surface area contributed by atoms with Crippen LogP contribution in [0.25, 0.3) is 11.1 Å². The van der Waals surface area contributed by atoms with Crippen LogP contribution < -0.4 is 9.62 Å². The van der Waals surface area contributed by atoms with Gasteiger partial charge in [-0.05, 0) is 31.2 Å². The predicted octanol–water partition coefficient (Wildman–Crippen LogP) is 2.78. The summed E-state index contributed by atoms with van der Waals surface area (Å²) >= 11 is 3.43. The molecule has 26 heavy (non-hydrogen) atoms. The van der Waals surface area contributed by atoms with Gasteiger partial charge in [-0.3, -0.25) is 9.10 Å². The van der Waals surface area contributed by atoms with E-state index in [0.717, 1.165) is 14.3 Å². The van der Waals surface area contributed by atoms with Crippen molar-refractivity contribution < 1.29 is 17.9 Å². The largest absolute Gasteiger partial charge is 0.383 e. The fourth-order valence-electron chi connectivity index (χ4n) is 3.02. The van der Waals surface area contributed by atoms with E-state index in [0.29, 0.717) is 17.9 Å². The standard InChI is InChI=1S/C18H19BrN2O4S/c1-12(11-25-2)20-18(22)10-21-16-8-7-13(19)9-15(16)14-5-3-4-6-17(14)26(21,23)24/h3-9,12H,10-11H2,1-2H3,(H,20,22)/t12-/m0/s1. The topological polar surface area (TPSA) is 75.7 Å². The maximum absolute atomic E-state index is 13.1. The third-order valence-corrected chi connectivity index (χ3v) is 6.39. The quantitative estimate of drug-likeness (QED) is 0.778. The van der Waals surface area contributed by atoms with E-state index in [1.54, 1.807) is 50.4 Å². The fraction of sp³-hybridized carbons (Fsp3) is 0.278. The van der Waals surface area contributed by atoms with E-state index in [2.05, 4.69) is 21.2 Å². The first-order chi connectivity index (χ1) is 12.3. The van der Waals surface area contributed by atoms with E-state index in [-0.39, 0.29) is 23.4 Å². The van der Waals surface area contributed by atoms with Crippen molar-refractivity contribution >= 4 is 37.5 Å². The molecule has 0 spiro atoms. The number of nitrogens with zero attached hydrogens (tertiary/aromatic N) is 1. The number of methoxy groups -OCH3 is 1. The maximum atomic E-state index is 13.1. The van der Waals surface area contributed by atoms with Gasteiger partial charge in [0, 0.05) is 28.8 Å². The lowest BCUT2D eigenvalue weighted by Crippen LogP contribution is -2.45. The Morgan fingerprint density at radius 1 is 1.23 bits per heavy atom. The van der Waals surface area contributed by atoms with Crippen LogP contribution in [-0.2, 0) is 19.6 Å². The lowest BCUT2D eigenvalue weighted by Gasteiger charge is -2.32. The Hall–Kier alpha value is -1.90. The smallest absolute Gasteiger partial charge is 0.265 e. The highest BCUT2D eigenvalue weighted by Gasteiger charge is 2.36. The predicted molar refractivity (Wildman–Crippen MR) is 104 cm³/mol. The molecule has 0 aromatic heterocycles. The minimum Gasteiger partial charge on any atom is -0.383 e. The summed E-state index contributed by atoms with van der Waals surface area (Å²) in [6.07, 6.45) is 0. The number of sulfonamides is 1. The highest BCUT2D eigenvalue weighted by atomic mass is 79.9. The van der Waals surface area contributed by atoms with Crippen molar-refractivity contribution in [3.8, 4) is 11.1 Å². The number of carbonyl (C=O) groups excluding carboxylic acids is 1. The summed E-state index contributed by atoms with van der Waals surface area (Å²) in [5.41, 5.74) is 1.89. The van der Waals surface area contributed by atoms with Crippen LogP contribution in [0.4, 0.5) is 5.69 Å². The number of rotatable bonds is 5. The number of nitrogens with one attached hydrogen (secondary N) is 1. The molecule has 1 heterocycles. The molecule has 2 aromatic carbocycles. The highest BCUT2D eigenvalue weighted by Crippen LogP contribution is 2.43. The molecule has 0 radical (unpaired) electrons.